The van der Waals surface area contributed by atoms with Gasteiger partial charge in [0.15, 0.2) is 0 Å². The van der Waals surface area contributed by atoms with Gasteiger partial charge in [0, 0.05) is 26.2 Å². The third-order valence-electron chi connectivity index (χ3n) is 4.40. The molecule has 1 saturated heterocycles. The maximum absolute atomic E-state index is 13.7. The molecule has 1 aromatic carbocycles. The number of nitrogens with zero attached hydrogens (tertiary/aromatic N) is 5. The van der Waals surface area contributed by atoms with Crippen molar-refractivity contribution in [2.24, 2.45) is 0 Å². The monoisotopic (exact) mass is 347 g/mol. The molecule has 0 bridgehead atoms. The number of carbonyl (C=O) groups excluding carboxylic acids is 1. The molecule has 2 aromatic rings. The zero-order chi connectivity index (χ0) is 17.6. The van der Waals surface area contributed by atoms with Crippen LogP contribution in [-0.4, -0.2) is 52.4 Å². The number of aryl methyl sites for hydroxylation is 2. The molecule has 2 heterocycles. The third kappa shape index (κ3) is 4.23. The van der Waals surface area contributed by atoms with Crippen molar-refractivity contribution in [1.82, 2.24) is 30.8 Å². The minimum atomic E-state index is -0.210. The molecule has 0 spiro atoms. The van der Waals surface area contributed by atoms with Crippen molar-refractivity contribution >= 4 is 12.0 Å². The van der Waals surface area contributed by atoms with Crippen LogP contribution in [0.25, 0.3) is 0 Å². The van der Waals surface area contributed by atoms with E-state index in [1.165, 1.54) is 6.07 Å². The lowest BCUT2D eigenvalue weighted by molar-refractivity contribution is 0.236. The summed E-state index contributed by atoms with van der Waals surface area (Å²) in [6.07, 6.45) is 2.18. The van der Waals surface area contributed by atoms with E-state index in [9.17, 15) is 9.18 Å². The normalized spacial score (nSPS) is 15.2. The largest absolute Gasteiger partial charge is 0.341 e. The Labute approximate surface area is 145 Å². The standard InChI is InChI=1S/C16H22FN7O/c1-18-15(25)19-13-7-9-23(10-8-13)16-20-21-22-24(16)11-6-12-4-2-3-5-14(12)17/h2-5,13H,6-11H2,1H3,(H2,18,19,25). The van der Waals surface area contributed by atoms with Crippen LogP contribution in [0.2, 0.25) is 0 Å². The van der Waals surface area contributed by atoms with Crippen LogP contribution in [0, 0.1) is 5.82 Å². The summed E-state index contributed by atoms with van der Waals surface area (Å²) in [5.74, 6) is 0.480. The number of urea groups is 1. The van der Waals surface area contributed by atoms with Crippen LogP contribution in [0.15, 0.2) is 24.3 Å². The van der Waals surface area contributed by atoms with E-state index in [1.807, 2.05) is 6.07 Å². The first-order valence-electron chi connectivity index (χ1n) is 8.40. The number of nitrogens with one attached hydrogen (secondary N) is 2. The summed E-state index contributed by atoms with van der Waals surface area (Å²) in [6.45, 7) is 2.03. The fraction of sp³-hybridized carbons (Fsp3) is 0.500. The van der Waals surface area contributed by atoms with Gasteiger partial charge in [-0.15, -0.1) is 0 Å². The van der Waals surface area contributed by atoms with E-state index in [2.05, 4.69) is 31.1 Å². The smallest absolute Gasteiger partial charge is 0.314 e. The lowest BCUT2D eigenvalue weighted by Gasteiger charge is -2.32. The predicted octanol–water partition coefficient (Wildman–Crippen LogP) is 0.953. The molecule has 0 atom stereocenters. The first-order chi connectivity index (χ1) is 12.2. The molecule has 2 amide bonds. The lowest BCUT2D eigenvalue weighted by Crippen LogP contribution is -2.47. The van der Waals surface area contributed by atoms with E-state index >= 15 is 0 Å². The van der Waals surface area contributed by atoms with Crippen molar-refractivity contribution in [1.29, 1.82) is 0 Å². The molecule has 3 rings (SSSR count). The summed E-state index contributed by atoms with van der Waals surface area (Å²) in [7, 11) is 1.61. The molecular weight excluding hydrogens is 325 g/mol. The Kier molecular flexibility index (Phi) is 5.42. The Hall–Kier alpha value is -2.71. The van der Waals surface area contributed by atoms with Crippen molar-refractivity contribution in [3.63, 3.8) is 0 Å². The van der Waals surface area contributed by atoms with E-state index in [4.69, 9.17) is 0 Å². The van der Waals surface area contributed by atoms with E-state index in [-0.39, 0.29) is 17.9 Å². The Balaban J connectivity index is 1.57. The first-order valence-corrected chi connectivity index (χ1v) is 8.40. The van der Waals surface area contributed by atoms with Gasteiger partial charge in [-0.2, -0.15) is 0 Å². The van der Waals surface area contributed by atoms with Gasteiger partial charge in [0.05, 0.1) is 6.54 Å². The summed E-state index contributed by atoms with van der Waals surface area (Å²) < 4.78 is 15.4. The van der Waals surface area contributed by atoms with Crippen LogP contribution in [0.5, 0.6) is 0 Å². The van der Waals surface area contributed by atoms with Gasteiger partial charge in [-0.05, 0) is 41.3 Å². The predicted molar refractivity (Wildman–Crippen MR) is 90.7 cm³/mol. The number of aromatic nitrogens is 4. The molecule has 8 nitrogen and oxygen atoms in total. The molecule has 0 saturated carbocycles. The van der Waals surface area contributed by atoms with Crippen LogP contribution >= 0.6 is 0 Å². The van der Waals surface area contributed by atoms with Crippen LogP contribution < -0.4 is 15.5 Å². The summed E-state index contributed by atoms with van der Waals surface area (Å²) in [5.41, 5.74) is 0.650. The summed E-state index contributed by atoms with van der Waals surface area (Å²) in [5, 5.41) is 17.4. The lowest BCUT2D eigenvalue weighted by atomic mass is 10.1. The highest BCUT2D eigenvalue weighted by Gasteiger charge is 2.24. The van der Waals surface area contributed by atoms with Gasteiger partial charge in [0.2, 0.25) is 5.95 Å². The van der Waals surface area contributed by atoms with Gasteiger partial charge in [0.25, 0.3) is 0 Å². The molecule has 2 N–H and O–H groups in total. The fourth-order valence-electron chi connectivity index (χ4n) is 2.98. The number of hydrogen-bond donors (Lipinski definition) is 2. The molecule has 1 fully saturated rings. The topological polar surface area (TPSA) is 88.0 Å². The SMILES string of the molecule is CNC(=O)NC1CCN(c2nnnn2CCc2ccccc2F)CC1. The van der Waals surface area contributed by atoms with Crippen molar-refractivity contribution in [3.05, 3.63) is 35.6 Å². The maximum Gasteiger partial charge on any atom is 0.314 e. The number of hydrogen-bond acceptors (Lipinski definition) is 5. The van der Waals surface area contributed by atoms with Gasteiger partial charge < -0.3 is 15.5 Å². The fourth-order valence-corrected chi connectivity index (χ4v) is 2.98. The Morgan fingerprint density at radius 2 is 2.08 bits per heavy atom. The molecule has 1 aromatic heterocycles. The second kappa shape index (κ2) is 7.91. The molecule has 1 aliphatic heterocycles. The minimum absolute atomic E-state index is 0.152. The van der Waals surface area contributed by atoms with Crippen LogP contribution in [0.3, 0.4) is 0 Å². The number of benzene rings is 1. The second-order valence-corrected chi connectivity index (χ2v) is 6.03. The number of halogens is 1. The Bertz CT molecular complexity index is 712. The molecule has 0 radical (unpaired) electrons. The zero-order valence-corrected chi connectivity index (χ0v) is 14.2. The molecule has 1 aliphatic rings. The van der Waals surface area contributed by atoms with Gasteiger partial charge >= 0.3 is 6.03 Å². The van der Waals surface area contributed by atoms with Crippen LogP contribution in [-0.2, 0) is 13.0 Å². The van der Waals surface area contributed by atoms with E-state index in [1.54, 1.807) is 23.9 Å². The summed E-state index contributed by atoms with van der Waals surface area (Å²) >= 11 is 0. The molecular formula is C16H22FN7O. The summed E-state index contributed by atoms with van der Waals surface area (Å²) in [6, 6.07) is 6.73. The third-order valence-corrected chi connectivity index (χ3v) is 4.40. The second-order valence-electron chi connectivity index (χ2n) is 6.03. The van der Waals surface area contributed by atoms with Crippen molar-refractivity contribution in [2.45, 2.75) is 31.8 Å². The maximum atomic E-state index is 13.7. The molecule has 0 aliphatic carbocycles. The van der Waals surface area contributed by atoms with Crippen molar-refractivity contribution < 1.29 is 9.18 Å². The van der Waals surface area contributed by atoms with E-state index in [0.29, 0.717) is 24.5 Å². The van der Waals surface area contributed by atoms with Crippen molar-refractivity contribution in [2.75, 3.05) is 25.0 Å². The Morgan fingerprint density at radius 1 is 1.32 bits per heavy atom. The van der Waals surface area contributed by atoms with Crippen LogP contribution in [0.1, 0.15) is 18.4 Å². The van der Waals surface area contributed by atoms with Gasteiger partial charge in [-0.1, -0.05) is 23.3 Å². The van der Waals surface area contributed by atoms with Crippen molar-refractivity contribution in [3.8, 4) is 0 Å². The van der Waals surface area contributed by atoms with Gasteiger partial charge in [-0.3, -0.25) is 0 Å². The highest BCUT2D eigenvalue weighted by Crippen LogP contribution is 2.18. The average molecular weight is 347 g/mol. The number of rotatable bonds is 5. The van der Waals surface area contributed by atoms with E-state index in [0.717, 1.165) is 25.9 Å². The summed E-state index contributed by atoms with van der Waals surface area (Å²) in [4.78, 5) is 13.5. The minimum Gasteiger partial charge on any atom is -0.341 e. The first kappa shape index (κ1) is 17.1. The molecule has 0 unspecified atom stereocenters. The highest BCUT2D eigenvalue weighted by molar-refractivity contribution is 5.73. The number of anilines is 1. The highest BCUT2D eigenvalue weighted by atomic mass is 19.1. The Morgan fingerprint density at radius 3 is 2.80 bits per heavy atom. The number of tetrazole rings is 1. The quantitative estimate of drug-likeness (QED) is 0.841. The van der Waals surface area contributed by atoms with Crippen LogP contribution in [0.4, 0.5) is 15.1 Å². The van der Waals surface area contributed by atoms with E-state index < -0.39 is 0 Å². The molecule has 9 heteroatoms. The number of amides is 2. The zero-order valence-electron chi connectivity index (χ0n) is 14.2. The molecule has 25 heavy (non-hydrogen) atoms. The van der Waals surface area contributed by atoms with Gasteiger partial charge in [0.1, 0.15) is 5.82 Å². The number of carbonyl (C=O) groups is 1. The number of piperidine rings is 1. The average Bonchev–Trinajstić information content (AvgIpc) is 3.10. The molecule has 134 valence electrons. The van der Waals surface area contributed by atoms with Gasteiger partial charge in [-0.25, -0.2) is 13.9 Å².